The molecule has 1 fully saturated rings. The molecule has 0 aliphatic carbocycles. The van der Waals surface area contributed by atoms with Gasteiger partial charge in [0.05, 0.1) is 0 Å². The quantitative estimate of drug-likeness (QED) is 0.439. The van der Waals surface area contributed by atoms with E-state index in [0.29, 0.717) is 12.8 Å². The first-order chi connectivity index (χ1) is 8.95. The SMILES string of the molecule is O=C(c1c(F)c(F)c(F)c(F)c1F)N1CCCCC1. The van der Waals surface area contributed by atoms with E-state index in [1.807, 2.05) is 0 Å². The van der Waals surface area contributed by atoms with Crippen LogP contribution in [0.3, 0.4) is 0 Å². The highest BCUT2D eigenvalue weighted by molar-refractivity contribution is 5.95. The predicted molar refractivity (Wildman–Crippen MR) is 56.0 cm³/mol. The molecule has 2 rings (SSSR count). The number of hydrogen-bond acceptors (Lipinski definition) is 1. The zero-order valence-electron chi connectivity index (χ0n) is 9.78. The topological polar surface area (TPSA) is 20.3 Å². The van der Waals surface area contributed by atoms with Crippen molar-refractivity contribution in [3.63, 3.8) is 0 Å². The maximum atomic E-state index is 13.4. The zero-order valence-corrected chi connectivity index (χ0v) is 9.78. The van der Waals surface area contributed by atoms with Gasteiger partial charge in [0.25, 0.3) is 5.91 Å². The second kappa shape index (κ2) is 5.14. The molecule has 0 atom stereocenters. The number of hydrogen-bond donors (Lipinski definition) is 0. The smallest absolute Gasteiger partial charge is 0.260 e. The highest BCUT2D eigenvalue weighted by Crippen LogP contribution is 2.25. The van der Waals surface area contributed by atoms with Crippen LogP contribution in [0.25, 0.3) is 0 Å². The molecule has 19 heavy (non-hydrogen) atoms. The molecule has 1 aromatic rings. The predicted octanol–water partition coefficient (Wildman–Crippen LogP) is 3.01. The maximum Gasteiger partial charge on any atom is 0.260 e. The van der Waals surface area contributed by atoms with E-state index in [1.165, 1.54) is 0 Å². The normalized spacial score (nSPS) is 15.7. The molecule has 1 aromatic carbocycles. The van der Waals surface area contributed by atoms with Gasteiger partial charge < -0.3 is 4.90 Å². The van der Waals surface area contributed by atoms with E-state index in [2.05, 4.69) is 0 Å². The summed E-state index contributed by atoms with van der Waals surface area (Å²) < 4.78 is 65.7. The van der Waals surface area contributed by atoms with Crippen LogP contribution in [-0.4, -0.2) is 23.9 Å². The van der Waals surface area contributed by atoms with Crippen LogP contribution >= 0.6 is 0 Å². The summed E-state index contributed by atoms with van der Waals surface area (Å²) in [6.07, 6.45) is 2.14. The summed E-state index contributed by atoms with van der Waals surface area (Å²) >= 11 is 0. The lowest BCUT2D eigenvalue weighted by Crippen LogP contribution is -2.37. The van der Waals surface area contributed by atoms with Crippen molar-refractivity contribution >= 4 is 5.91 Å². The number of likely N-dealkylation sites (tertiary alicyclic amines) is 1. The minimum Gasteiger partial charge on any atom is -0.338 e. The summed E-state index contributed by atoms with van der Waals surface area (Å²) in [5.74, 6) is -11.8. The second-order valence-electron chi connectivity index (χ2n) is 4.30. The third kappa shape index (κ3) is 2.29. The number of benzene rings is 1. The van der Waals surface area contributed by atoms with Crippen LogP contribution in [0.15, 0.2) is 0 Å². The lowest BCUT2D eigenvalue weighted by Gasteiger charge is -2.27. The number of piperidine rings is 1. The van der Waals surface area contributed by atoms with Crippen LogP contribution in [0.1, 0.15) is 29.6 Å². The molecule has 0 bridgehead atoms. The highest BCUT2D eigenvalue weighted by atomic mass is 19.2. The molecule has 2 nitrogen and oxygen atoms in total. The molecule has 0 unspecified atom stereocenters. The summed E-state index contributed by atoms with van der Waals surface area (Å²) in [5.41, 5.74) is -1.38. The van der Waals surface area contributed by atoms with E-state index in [4.69, 9.17) is 0 Å². The van der Waals surface area contributed by atoms with E-state index in [-0.39, 0.29) is 13.1 Å². The van der Waals surface area contributed by atoms with Gasteiger partial charge in [-0.15, -0.1) is 0 Å². The number of rotatable bonds is 1. The molecular weight excluding hydrogens is 269 g/mol. The minimum absolute atomic E-state index is 0.248. The van der Waals surface area contributed by atoms with Crippen LogP contribution in [0.2, 0.25) is 0 Å². The first-order valence-electron chi connectivity index (χ1n) is 5.76. The van der Waals surface area contributed by atoms with Crippen molar-refractivity contribution in [1.29, 1.82) is 0 Å². The van der Waals surface area contributed by atoms with Crippen LogP contribution in [0.4, 0.5) is 22.0 Å². The van der Waals surface area contributed by atoms with Gasteiger partial charge in [0.1, 0.15) is 5.56 Å². The molecule has 1 heterocycles. The molecule has 1 saturated heterocycles. The second-order valence-corrected chi connectivity index (χ2v) is 4.30. The van der Waals surface area contributed by atoms with Gasteiger partial charge in [0, 0.05) is 13.1 Å². The highest BCUT2D eigenvalue weighted by Gasteiger charge is 2.32. The molecule has 0 saturated carbocycles. The standard InChI is InChI=1S/C12H10F5NO/c13-7-6(8(14)10(16)11(17)9(7)15)12(19)18-4-2-1-3-5-18/h1-5H2. The summed E-state index contributed by atoms with van der Waals surface area (Å²) in [7, 11) is 0. The Kier molecular flexibility index (Phi) is 3.73. The molecule has 0 N–H and O–H groups in total. The Labute approximate surface area is 105 Å². The minimum atomic E-state index is -2.26. The van der Waals surface area contributed by atoms with Crippen molar-refractivity contribution in [2.45, 2.75) is 19.3 Å². The Morgan fingerprint density at radius 1 is 0.737 bits per heavy atom. The van der Waals surface area contributed by atoms with E-state index in [1.54, 1.807) is 0 Å². The number of carbonyl (C=O) groups is 1. The fourth-order valence-corrected chi connectivity index (χ4v) is 2.05. The van der Waals surface area contributed by atoms with Gasteiger partial charge in [-0.1, -0.05) is 0 Å². The van der Waals surface area contributed by atoms with E-state index >= 15 is 0 Å². The van der Waals surface area contributed by atoms with E-state index in [0.717, 1.165) is 11.3 Å². The maximum absolute atomic E-state index is 13.4. The Hall–Kier alpha value is -1.66. The Morgan fingerprint density at radius 3 is 1.63 bits per heavy atom. The summed E-state index contributed by atoms with van der Waals surface area (Å²) in [6, 6.07) is 0. The average molecular weight is 279 g/mol. The summed E-state index contributed by atoms with van der Waals surface area (Å²) in [6.45, 7) is 0.497. The van der Waals surface area contributed by atoms with Crippen molar-refractivity contribution in [3.8, 4) is 0 Å². The first-order valence-corrected chi connectivity index (χ1v) is 5.76. The molecule has 0 aromatic heterocycles. The number of amides is 1. The molecule has 0 radical (unpaired) electrons. The zero-order chi connectivity index (χ0) is 14.2. The molecule has 1 aliphatic heterocycles. The van der Waals surface area contributed by atoms with Crippen LogP contribution < -0.4 is 0 Å². The van der Waals surface area contributed by atoms with Gasteiger partial charge in [0.15, 0.2) is 23.3 Å². The van der Waals surface area contributed by atoms with Crippen molar-refractivity contribution in [3.05, 3.63) is 34.6 Å². The van der Waals surface area contributed by atoms with Gasteiger partial charge in [-0.2, -0.15) is 0 Å². The Bertz CT molecular complexity index is 496. The molecule has 1 amide bonds. The van der Waals surface area contributed by atoms with Gasteiger partial charge in [0.2, 0.25) is 5.82 Å². The third-order valence-electron chi connectivity index (χ3n) is 3.07. The van der Waals surface area contributed by atoms with Gasteiger partial charge in [-0.3, -0.25) is 4.79 Å². The lowest BCUT2D eigenvalue weighted by molar-refractivity contribution is 0.0711. The molecule has 104 valence electrons. The number of nitrogens with zero attached hydrogens (tertiary/aromatic N) is 1. The monoisotopic (exact) mass is 279 g/mol. The van der Waals surface area contributed by atoms with E-state index in [9.17, 15) is 26.7 Å². The van der Waals surface area contributed by atoms with Crippen LogP contribution in [0, 0.1) is 29.1 Å². The number of halogens is 5. The lowest BCUT2D eigenvalue weighted by atomic mass is 10.1. The van der Waals surface area contributed by atoms with Crippen LogP contribution in [0.5, 0.6) is 0 Å². The molecule has 1 aliphatic rings. The Balaban J connectivity index is 2.47. The van der Waals surface area contributed by atoms with Gasteiger partial charge >= 0.3 is 0 Å². The van der Waals surface area contributed by atoms with Crippen molar-refractivity contribution < 1.29 is 26.7 Å². The van der Waals surface area contributed by atoms with Crippen molar-refractivity contribution in [1.82, 2.24) is 4.90 Å². The van der Waals surface area contributed by atoms with Crippen molar-refractivity contribution in [2.75, 3.05) is 13.1 Å². The Morgan fingerprint density at radius 2 is 1.16 bits per heavy atom. The van der Waals surface area contributed by atoms with E-state index < -0.39 is 40.6 Å². The average Bonchev–Trinajstić information content (AvgIpc) is 2.44. The molecule has 0 spiro atoms. The number of carbonyl (C=O) groups excluding carboxylic acids is 1. The summed E-state index contributed by atoms with van der Waals surface area (Å²) in [5, 5.41) is 0. The van der Waals surface area contributed by atoms with Gasteiger partial charge in [-0.25, -0.2) is 22.0 Å². The summed E-state index contributed by atoms with van der Waals surface area (Å²) in [4.78, 5) is 12.9. The first kappa shape index (κ1) is 13.8. The largest absolute Gasteiger partial charge is 0.338 e. The van der Waals surface area contributed by atoms with Crippen LogP contribution in [-0.2, 0) is 0 Å². The third-order valence-corrected chi connectivity index (χ3v) is 3.07. The van der Waals surface area contributed by atoms with Crippen molar-refractivity contribution in [2.24, 2.45) is 0 Å². The molecular formula is C12H10F5NO. The molecule has 7 heteroatoms. The van der Waals surface area contributed by atoms with Gasteiger partial charge in [-0.05, 0) is 19.3 Å². The fraction of sp³-hybridized carbons (Fsp3) is 0.417. The fourth-order valence-electron chi connectivity index (χ4n) is 2.05.